The van der Waals surface area contributed by atoms with Crippen LogP contribution in [0.25, 0.3) is 0 Å². The van der Waals surface area contributed by atoms with Gasteiger partial charge in [0.25, 0.3) is 0 Å². The molecule has 1 aromatic rings. The third-order valence-corrected chi connectivity index (χ3v) is 5.81. The molecule has 2 rings (SSSR count). The average molecular weight is 228 g/mol. The van der Waals surface area contributed by atoms with Gasteiger partial charge in [0.05, 0.1) is 10.4 Å². The van der Waals surface area contributed by atoms with E-state index in [0.29, 0.717) is 4.08 Å². The van der Waals surface area contributed by atoms with Crippen molar-refractivity contribution in [2.45, 2.75) is 30.4 Å². The third-order valence-electron chi connectivity index (χ3n) is 2.49. The molecule has 0 aliphatic carbocycles. The van der Waals surface area contributed by atoms with Crippen LogP contribution in [0.1, 0.15) is 19.8 Å². The lowest BCUT2D eigenvalue weighted by molar-refractivity contribution is 0.617. The van der Waals surface area contributed by atoms with Crippen molar-refractivity contribution >= 4 is 23.5 Å². The molecule has 0 N–H and O–H groups in total. The van der Waals surface area contributed by atoms with Gasteiger partial charge in [0.1, 0.15) is 0 Å². The summed E-state index contributed by atoms with van der Waals surface area (Å²) < 4.78 is 2.60. The lowest BCUT2D eigenvalue weighted by Crippen LogP contribution is -2.22. The molecule has 1 fully saturated rings. The molecule has 0 radical (unpaired) electrons. The van der Waals surface area contributed by atoms with E-state index in [-0.39, 0.29) is 0 Å². The number of aromatic nitrogens is 2. The van der Waals surface area contributed by atoms with Crippen LogP contribution in [0, 0.1) is 0 Å². The molecule has 0 unspecified atom stereocenters. The van der Waals surface area contributed by atoms with Gasteiger partial charge in [0, 0.05) is 18.9 Å². The fraction of sp³-hybridized carbons (Fsp3) is 0.700. The van der Waals surface area contributed by atoms with Crippen molar-refractivity contribution in [1.29, 1.82) is 0 Å². The molecule has 0 aromatic carbocycles. The Morgan fingerprint density at radius 1 is 1.43 bits per heavy atom. The van der Waals surface area contributed by atoms with Crippen LogP contribution in [-0.2, 0) is 6.54 Å². The Morgan fingerprint density at radius 2 is 2.21 bits per heavy atom. The summed E-state index contributed by atoms with van der Waals surface area (Å²) in [5.74, 6) is 2.65. The number of nitrogens with zero attached hydrogens (tertiary/aromatic N) is 2. The number of aryl methyl sites for hydroxylation is 1. The lowest BCUT2D eigenvalue weighted by Gasteiger charge is -2.32. The van der Waals surface area contributed by atoms with Crippen LogP contribution in [-0.4, -0.2) is 25.1 Å². The second-order valence-electron chi connectivity index (χ2n) is 3.73. The summed E-state index contributed by atoms with van der Waals surface area (Å²) >= 11 is 4.23. The summed E-state index contributed by atoms with van der Waals surface area (Å²) in [4.78, 5) is 4.06. The summed E-state index contributed by atoms with van der Waals surface area (Å²) in [6.07, 6.45) is 8.40. The van der Waals surface area contributed by atoms with Crippen molar-refractivity contribution in [2.75, 3.05) is 11.5 Å². The van der Waals surface area contributed by atoms with Gasteiger partial charge in [-0.1, -0.05) is 0 Å². The number of imidazole rings is 1. The van der Waals surface area contributed by atoms with Crippen molar-refractivity contribution in [1.82, 2.24) is 9.55 Å². The van der Waals surface area contributed by atoms with E-state index in [1.54, 1.807) is 0 Å². The highest BCUT2D eigenvalue weighted by Crippen LogP contribution is 2.44. The zero-order valence-electron chi connectivity index (χ0n) is 8.48. The molecule has 2 nitrogen and oxygen atoms in total. The van der Waals surface area contributed by atoms with Crippen molar-refractivity contribution in [3.63, 3.8) is 0 Å². The highest BCUT2D eigenvalue weighted by atomic mass is 32.2. The third kappa shape index (κ3) is 2.70. The SMILES string of the molecule is CC1(CCn2ccnc2)SCCCS1. The van der Waals surface area contributed by atoms with Crippen molar-refractivity contribution in [3.05, 3.63) is 18.7 Å². The molecule has 0 amide bonds. The fourth-order valence-electron chi connectivity index (χ4n) is 1.57. The van der Waals surface area contributed by atoms with Crippen LogP contribution in [0.5, 0.6) is 0 Å². The van der Waals surface area contributed by atoms with E-state index >= 15 is 0 Å². The molecule has 1 saturated heterocycles. The van der Waals surface area contributed by atoms with Crippen LogP contribution in [0.2, 0.25) is 0 Å². The van der Waals surface area contributed by atoms with E-state index < -0.39 is 0 Å². The first-order valence-electron chi connectivity index (χ1n) is 5.02. The van der Waals surface area contributed by atoms with Crippen molar-refractivity contribution < 1.29 is 0 Å². The molecular weight excluding hydrogens is 212 g/mol. The Bertz CT molecular complexity index is 266. The predicted octanol–water partition coefficient (Wildman–Crippen LogP) is 2.86. The van der Waals surface area contributed by atoms with Crippen LogP contribution in [0.15, 0.2) is 18.7 Å². The zero-order chi connectivity index (χ0) is 9.86. The van der Waals surface area contributed by atoms with E-state index in [0.717, 1.165) is 6.54 Å². The normalized spacial score (nSPS) is 20.9. The molecule has 1 aromatic heterocycles. The molecule has 4 heteroatoms. The molecule has 0 spiro atoms. The number of hydrogen-bond donors (Lipinski definition) is 0. The average Bonchev–Trinajstić information content (AvgIpc) is 2.69. The summed E-state index contributed by atoms with van der Waals surface area (Å²) in [6, 6.07) is 0. The number of rotatable bonds is 3. The molecular formula is C10H16N2S2. The maximum Gasteiger partial charge on any atom is 0.0945 e. The minimum Gasteiger partial charge on any atom is -0.337 e. The first kappa shape index (κ1) is 10.4. The molecule has 0 saturated carbocycles. The Kier molecular flexibility index (Phi) is 3.44. The molecule has 2 heterocycles. The minimum absolute atomic E-state index is 0.433. The monoisotopic (exact) mass is 228 g/mol. The Hall–Kier alpha value is -0.0900. The summed E-state index contributed by atoms with van der Waals surface area (Å²) in [6.45, 7) is 3.47. The van der Waals surface area contributed by atoms with E-state index in [2.05, 4.69) is 40.0 Å². The topological polar surface area (TPSA) is 17.8 Å². The first-order chi connectivity index (χ1) is 6.79. The van der Waals surface area contributed by atoms with Gasteiger partial charge in [-0.3, -0.25) is 0 Å². The highest BCUT2D eigenvalue weighted by Gasteiger charge is 2.27. The molecule has 1 aliphatic heterocycles. The summed E-state index contributed by atoms with van der Waals surface area (Å²) in [7, 11) is 0. The maximum absolute atomic E-state index is 4.06. The maximum atomic E-state index is 4.06. The molecule has 1 aliphatic rings. The van der Waals surface area contributed by atoms with Crippen LogP contribution < -0.4 is 0 Å². The lowest BCUT2D eigenvalue weighted by atomic mass is 10.3. The predicted molar refractivity (Wildman–Crippen MR) is 64.8 cm³/mol. The van der Waals surface area contributed by atoms with Gasteiger partial charge in [-0.2, -0.15) is 0 Å². The van der Waals surface area contributed by atoms with E-state index in [4.69, 9.17) is 0 Å². The van der Waals surface area contributed by atoms with Crippen LogP contribution in [0.3, 0.4) is 0 Å². The Balaban J connectivity index is 1.84. The Morgan fingerprint density at radius 3 is 2.86 bits per heavy atom. The summed E-state index contributed by atoms with van der Waals surface area (Å²) in [5, 5.41) is 0. The van der Waals surface area contributed by atoms with Gasteiger partial charge >= 0.3 is 0 Å². The second-order valence-corrected chi connectivity index (χ2v) is 7.19. The number of thioether (sulfide) groups is 2. The van der Waals surface area contributed by atoms with Gasteiger partial charge in [-0.05, 0) is 31.3 Å². The second kappa shape index (κ2) is 4.62. The molecule has 0 bridgehead atoms. The molecule has 14 heavy (non-hydrogen) atoms. The fourth-order valence-corrected chi connectivity index (χ4v) is 4.50. The van der Waals surface area contributed by atoms with Crippen molar-refractivity contribution in [3.8, 4) is 0 Å². The minimum atomic E-state index is 0.433. The smallest absolute Gasteiger partial charge is 0.0945 e. The summed E-state index contributed by atoms with van der Waals surface area (Å²) in [5.41, 5.74) is 0. The highest BCUT2D eigenvalue weighted by molar-refractivity contribution is 8.18. The van der Waals surface area contributed by atoms with Gasteiger partial charge in [-0.15, -0.1) is 23.5 Å². The Labute approximate surface area is 93.9 Å². The quantitative estimate of drug-likeness (QED) is 0.792. The van der Waals surface area contributed by atoms with Crippen molar-refractivity contribution in [2.24, 2.45) is 0 Å². The van der Waals surface area contributed by atoms with E-state index in [1.807, 2.05) is 18.7 Å². The molecule has 0 atom stereocenters. The largest absolute Gasteiger partial charge is 0.337 e. The van der Waals surface area contributed by atoms with Crippen LogP contribution >= 0.6 is 23.5 Å². The van der Waals surface area contributed by atoms with E-state index in [9.17, 15) is 0 Å². The number of hydrogen-bond acceptors (Lipinski definition) is 3. The standard InChI is InChI=1S/C10H16N2S2/c1-10(13-7-2-8-14-10)3-5-12-6-4-11-9-12/h4,6,9H,2-3,5,7-8H2,1H3. The van der Waals surface area contributed by atoms with Crippen LogP contribution in [0.4, 0.5) is 0 Å². The zero-order valence-corrected chi connectivity index (χ0v) is 10.1. The first-order valence-corrected chi connectivity index (χ1v) is 6.99. The van der Waals surface area contributed by atoms with Gasteiger partial charge in [0.2, 0.25) is 0 Å². The van der Waals surface area contributed by atoms with Gasteiger partial charge in [-0.25, -0.2) is 4.98 Å². The van der Waals surface area contributed by atoms with Gasteiger partial charge < -0.3 is 4.57 Å². The molecule has 78 valence electrons. The van der Waals surface area contributed by atoms with E-state index in [1.165, 1.54) is 24.3 Å². The van der Waals surface area contributed by atoms with Gasteiger partial charge in [0.15, 0.2) is 0 Å².